The topological polar surface area (TPSA) is 38.7 Å². The Bertz CT molecular complexity index is 244. The van der Waals surface area contributed by atoms with E-state index in [0.29, 0.717) is 0 Å². The second-order valence-corrected chi connectivity index (χ2v) is 17.0. The van der Waals surface area contributed by atoms with E-state index in [1.807, 2.05) is 0 Å². The number of hydrogen-bond donors (Lipinski definition) is 1. The summed E-state index contributed by atoms with van der Waals surface area (Å²) in [5.41, 5.74) is 0. The van der Waals surface area contributed by atoms with E-state index in [2.05, 4.69) is 41.5 Å². The molecule has 0 fully saturated rings. The third-order valence-electron chi connectivity index (χ3n) is 4.78. The van der Waals surface area contributed by atoms with Gasteiger partial charge in [-0.25, -0.2) is 0 Å². The van der Waals surface area contributed by atoms with Crippen LogP contribution in [0.2, 0.25) is 36.3 Å². The van der Waals surface area contributed by atoms with E-state index in [1.54, 1.807) is 0 Å². The highest BCUT2D eigenvalue weighted by Crippen LogP contribution is 2.47. The van der Waals surface area contributed by atoms with Gasteiger partial charge in [0.05, 0.1) is 0 Å². The van der Waals surface area contributed by atoms with Crippen molar-refractivity contribution in [1.29, 1.82) is 0 Å². The highest BCUT2D eigenvalue weighted by Gasteiger charge is 2.40. The third-order valence-corrected chi connectivity index (χ3v) is 17.6. The molecule has 3 nitrogen and oxygen atoms in total. The Balaban J connectivity index is 5.12. The molecule has 0 aromatic rings. The Morgan fingerprint density at radius 2 is 0.750 bits per heavy atom. The normalized spacial score (nSPS) is 13.0. The molecule has 0 bridgehead atoms. The molecule has 0 aromatic heterocycles. The molecule has 0 aromatic carbocycles. The van der Waals surface area contributed by atoms with Gasteiger partial charge in [0.25, 0.3) is 0 Å². The monoisotopic (exact) mass is 394 g/mol. The largest absolute Gasteiger partial charge is 0.354 e. The molecular weight excluding hydrogens is 351 g/mol. The fourth-order valence-corrected chi connectivity index (χ4v) is 16.4. The molecule has 0 saturated carbocycles. The maximum absolute atomic E-state index is 10.8. The van der Waals surface area contributed by atoms with Crippen LogP contribution in [0.5, 0.6) is 0 Å². The van der Waals surface area contributed by atoms with Gasteiger partial charge in [-0.15, -0.1) is 0 Å². The minimum Gasteiger partial charge on any atom is -0.354 e. The molecular formula is C18H43O3PSi2. The molecule has 0 radical (unpaired) electrons. The van der Waals surface area contributed by atoms with Crippen LogP contribution in [-0.2, 0) is 8.43 Å². The second kappa shape index (κ2) is 13.9. The molecule has 0 aliphatic heterocycles. The standard InChI is InChI=1S/C18H43O3PSi2/c1-7-13-23(14-8-2,15-9-3)20-22(19)21-24(16-10-4,17-11-5)18-12-6/h19H,7-18H2,1-6H3. The van der Waals surface area contributed by atoms with Crippen molar-refractivity contribution in [3.63, 3.8) is 0 Å². The predicted octanol–water partition coefficient (Wildman–Crippen LogP) is 7.59. The smallest absolute Gasteiger partial charge is 0.308 e. The summed E-state index contributed by atoms with van der Waals surface area (Å²) in [4.78, 5) is 10.8. The Hall–Kier alpha value is 0.744. The molecule has 0 unspecified atom stereocenters. The van der Waals surface area contributed by atoms with Gasteiger partial charge in [0.15, 0.2) is 0 Å². The first-order chi connectivity index (χ1) is 11.5. The summed E-state index contributed by atoms with van der Waals surface area (Å²) in [6.45, 7) is 13.4. The zero-order valence-corrected chi connectivity index (χ0v) is 20.1. The lowest BCUT2D eigenvalue weighted by atomic mass is 10.6. The first kappa shape index (κ1) is 24.7. The van der Waals surface area contributed by atoms with Gasteiger partial charge >= 0.3 is 8.60 Å². The van der Waals surface area contributed by atoms with E-state index in [9.17, 15) is 4.89 Å². The summed E-state index contributed by atoms with van der Waals surface area (Å²) in [6, 6.07) is 6.92. The summed E-state index contributed by atoms with van der Waals surface area (Å²) in [5.74, 6) is 0. The minimum atomic E-state index is -1.85. The van der Waals surface area contributed by atoms with Crippen LogP contribution in [0.4, 0.5) is 0 Å². The van der Waals surface area contributed by atoms with Crippen molar-refractivity contribution in [3.8, 4) is 0 Å². The van der Waals surface area contributed by atoms with Crippen molar-refractivity contribution >= 4 is 25.2 Å². The fourth-order valence-electron chi connectivity index (χ4n) is 4.11. The Morgan fingerprint density at radius 3 is 0.917 bits per heavy atom. The third kappa shape index (κ3) is 8.91. The Morgan fingerprint density at radius 1 is 0.542 bits per heavy atom. The van der Waals surface area contributed by atoms with Crippen molar-refractivity contribution in [3.05, 3.63) is 0 Å². The highest BCUT2D eigenvalue weighted by atomic mass is 31.2. The molecule has 0 saturated heterocycles. The quantitative estimate of drug-likeness (QED) is 0.216. The van der Waals surface area contributed by atoms with Crippen molar-refractivity contribution in [1.82, 2.24) is 0 Å². The lowest BCUT2D eigenvalue weighted by Gasteiger charge is -2.37. The molecule has 146 valence electrons. The van der Waals surface area contributed by atoms with Crippen LogP contribution in [0.15, 0.2) is 0 Å². The predicted molar refractivity (Wildman–Crippen MR) is 113 cm³/mol. The zero-order valence-electron chi connectivity index (χ0n) is 17.2. The molecule has 0 spiro atoms. The van der Waals surface area contributed by atoms with Gasteiger partial charge in [-0.3, -0.25) is 0 Å². The first-order valence-corrected chi connectivity index (χ1v) is 16.5. The zero-order chi connectivity index (χ0) is 18.5. The highest BCUT2D eigenvalue weighted by molar-refractivity contribution is 7.44. The van der Waals surface area contributed by atoms with Crippen LogP contribution in [-0.4, -0.2) is 21.5 Å². The fraction of sp³-hybridized carbons (Fsp3) is 1.00. The molecule has 0 aliphatic rings. The Labute approximate surface area is 155 Å². The maximum Gasteiger partial charge on any atom is 0.308 e. The summed E-state index contributed by atoms with van der Waals surface area (Å²) >= 11 is 0. The van der Waals surface area contributed by atoms with E-state index in [-0.39, 0.29) is 0 Å². The van der Waals surface area contributed by atoms with E-state index in [1.165, 1.54) is 0 Å². The van der Waals surface area contributed by atoms with E-state index >= 15 is 0 Å². The molecule has 1 N–H and O–H groups in total. The van der Waals surface area contributed by atoms with E-state index in [0.717, 1.165) is 74.8 Å². The van der Waals surface area contributed by atoms with Crippen LogP contribution >= 0.6 is 8.60 Å². The van der Waals surface area contributed by atoms with Crippen molar-refractivity contribution in [2.75, 3.05) is 0 Å². The SMILES string of the molecule is CCC[Si](CCC)(CCC)OP(O)O[Si](CCC)(CCC)CCC. The Kier molecular flexibility index (Phi) is 14.3. The van der Waals surface area contributed by atoms with Gasteiger partial charge in [-0.2, -0.15) is 0 Å². The van der Waals surface area contributed by atoms with E-state index < -0.39 is 25.2 Å². The van der Waals surface area contributed by atoms with Gasteiger partial charge in [-0.1, -0.05) is 80.1 Å². The lowest BCUT2D eigenvalue weighted by molar-refractivity contribution is 0.361. The summed E-state index contributed by atoms with van der Waals surface area (Å²) in [7, 11) is -5.40. The van der Waals surface area contributed by atoms with Crippen LogP contribution < -0.4 is 0 Å². The second-order valence-electron chi connectivity index (χ2n) is 7.29. The molecule has 0 amide bonds. The maximum atomic E-state index is 10.8. The van der Waals surface area contributed by atoms with Gasteiger partial charge in [0.1, 0.15) is 0 Å². The van der Waals surface area contributed by atoms with E-state index in [4.69, 9.17) is 8.43 Å². The van der Waals surface area contributed by atoms with Gasteiger partial charge in [0.2, 0.25) is 16.6 Å². The van der Waals surface area contributed by atoms with Crippen LogP contribution in [0.25, 0.3) is 0 Å². The first-order valence-electron chi connectivity index (χ1n) is 10.3. The molecule has 0 aliphatic carbocycles. The van der Waals surface area contributed by atoms with Crippen LogP contribution in [0.3, 0.4) is 0 Å². The van der Waals surface area contributed by atoms with Crippen LogP contribution in [0, 0.1) is 0 Å². The summed E-state index contributed by atoms with van der Waals surface area (Å²) < 4.78 is 12.9. The molecule has 0 rings (SSSR count). The lowest BCUT2D eigenvalue weighted by Crippen LogP contribution is -2.40. The van der Waals surface area contributed by atoms with Crippen molar-refractivity contribution < 1.29 is 13.3 Å². The average Bonchev–Trinajstić information content (AvgIpc) is 2.48. The van der Waals surface area contributed by atoms with Gasteiger partial charge in [-0.05, 0) is 36.3 Å². The van der Waals surface area contributed by atoms with Crippen molar-refractivity contribution in [2.45, 2.75) is 116 Å². The minimum absolute atomic E-state index is 1.15. The molecule has 0 heterocycles. The molecule has 24 heavy (non-hydrogen) atoms. The summed E-state index contributed by atoms with van der Waals surface area (Å²) in [6.07, 6.45) is 6.90. The van der Waals surface area contributed by atoms with Gasteiger partial charge < -0.3 is 13.3 Å². The van der Waals surface area contributed by atoms with Crippen molar-refractivity contribution in [2.24, 2.45) is 0 Å². The average molecular weight is 395 g/mol. The molecule has 6 heteroatoms. The van der Waals surface area contributed by atoms with Crippen LogP contribution in [0.1, 0.15) is 80.1 Å². The van der Waals surface area contributed by atoms with Gasteiger partial charge in [0, 0.05) is 0 Å². The number of hydrogen-bond acceptors (Lipinski definition) is 3. The summed E-state index contributed by atoms with van der Waals surface area (Å²) in [5, 5.41) is 0. The molecule has 0 atom stereocenters. The number of rotatable bonds is 16.